The van der Waals surface area contributed by atoms with Crippen LogP contribution in [-0.2, 0) is 16.6 Å². The topological polar surface area (TPSA) is 81.3 Å². The fourth-order valence-electron chi connectivity index (χ4n) is 2.26. The standard InChI is InChI=1S/C15H13ClN2O4S/c1-2-18-13-8-7-10(9-14(13)22-15(18)19)23(20,21)17-12-6-4-3-5-11(12)16/h3-9,17H,2H2,1H3. The lowest BCUT2D eigenvalue weighted by Crippen LogP contribution is -2.13. The zero-order valence-corrected chi connectivity index (χ0v) is 13.7. The van der Waals surface area contributed by atoms with Gasteiger partial charge in [-0.15, -0.1) is 0 Å². The summed E-state index contributed by atoms with van der Waals surface area (Å²) in [6.45, 7) is 2.25. The van der Waals surface area contributed by atoms with Crippen molar-refractivity contribution >= 4 is 38.4 Å². The van der Waals surface area contributed by atoms with Gasteiger partial charge in [0.05, 0.1) is 21.1 Å². The number of aryl methyl sites for hydroxylation is 1. The average Bonchev–Trinajstić information content (AvgIpc) is 2.83. The van der Waals surface area contributed by atoms with Crippen molar-refractivity contribution in [2.24, 2.45) is 0 Å². The Labute approximate surface area is 137 Å². The van der Waals surface area contributed by atoms with Crippen LogP contribution < -0.4 is 10.5 Å². The molecule has 2 aromatic carbocycles. The minimum absolute atomic E-state index is 0.0121. The van der Waals surface area contributed by atoms with Gasteiger partial charge in [0.2, 0.25) is 0 Å². The summed E-state index contributed by atoms with van der Waals surface area (Å²) < 4.78 is 33.9. The van der Waals surface area contributed by atoms with E-state index in [0.29, 0.717) is 17.1 Å². The van der Waals surface area contributed by atoms with Crippen LogP contribution in [0.4, 0.5) is 5.69 Å². The molecule has 1 aromatic heterocycles. The average molecular weight is 353 g/mol. The van der Waals surface area contributed by atoms with Gasteiger partial charge in [0.1, 0.15) is 0 Å². The van der Waals surface area contributed by atoms with E-state index in [1.165, 1.54) is 16.7 Å². The lowest BCUT2D eigenvalue weighted by atomic mass is 10.3. The van der Waals surface area contributed by atoms with Gasteiger partial charge in [-0.3, -0.25) is 9.29 Å². The molecule has 0 radical (unpaired) electrons. The highest BCUT2D eigenvalue weighted by Crippen LogP contribution is 2.25. The van der Waals surface area contributed by atoms with Gasteiger partial charge < -0.3 is 4.42 Å². The number of para-hydroxylation sites is 1. The smallest absolute Gasteiger partial charge is 0.408 e. The molecule has 0 unspecified atom stereocenters. The number of fused-ring (bicyclic) bond motifs is 1. The summed E-state index contributed by atoms with van der Waals surface area (Å²) in [4.78, 5) is 11.7. The number of hydrogen-bond acceptors (Lipinski definition) is 4. The molecule has 0 aliphatic heterocycles. The van der Waals surface area contributed by atoms with Crippen LogP contribution in [-0.4, -0.2) is 13.0 Å². The van der Waals surface area contributed by atoms with Gasteiger partial charge in [0, 0.05) is 12.6 Å². The van der Waals surface area contributed by atoms with Crippen molar-refractivity contribution in [1.29, 1.82) is 0 Å². The van der Waals surface area contributed by atoms with Gasteiger partial charge in [0.15, 0.2) is 5.58 Å². The van der Waals surface area contributed by atoms with Crippen LogP contribution in [0.1, 0.15) is 6.92 Å². The van der Waals surface area contributed by atoms with Crippen LogP contribution in [0.3, 0.4) is 0 Å². The summed E-state index contributed by atoms with van der Waals surface area (Å²) in [5.74, 6) is -0.517. The van der Waals surface area contributed by atoms with Crippen molar-refractivity contribution in [3.05, 3.63) is 58.0 Å². The summed E-state index contributed by atoms with van der Waals surface area (Å²) in [5, 5.41) is 0.292. The number of halogens is 1. The number of aromatic nitrogens is 1. The highest BCUT2D eigenvalue weighted by Gasteiger charge is 2.18. The first-order valence-electron chi connectivity index (χ1n) is 6.83. The van der Waals surface area contributed by atoms with Gasteiger partial charge in [-0.2, -0.15) is 0 Å². The third kappa shape index (κ3) is 2.85. The summed E-state index contributed by atoms with van der Waals surface area (Å²) in [6, 6.07) is 10.8. The maximum absolute atomic E-state index is 12.5. The first-order valence-corrected chi connectivity index (χ1v) is 8.69. The molecule has 0 amide bonds. The first-order chi connectivity index (χ1) is 10.9. The van der Waals surface area contributed by atoms with Gasteiger partial charge in [-0.1, -0.05) is 23.7 Å². The van der Waals surface area contributed by atoms with Gasteiger partial charge in [0.25, 0.3) is 10.0 Å². The van der Waals surface area contributed by atoms with E-state index in [4.69, 9.17) is 16.0 Å². The molecule has 120 valence electrons. The van der Waals surface area contributed by atoms with E-state index in [2.05, 4.69) is 4.72 Å². The Balaban J connectivity index is 2.05. The fraction of sp³-hybridized carbons (Fsp3) is 0.133. The van der Waals surface area contributed by atoms with E-state index in [1.54, 1.807) is 37.3 Å². The number of oxazole rings is 1. The van der Waals surface area contributed by atoms with Crippen molar-refractivity contribution in [3.63, 3.8) is 0 Å². The highest BCUT2D eigenvalue weighted by molar-refractivity contribution is 7.92. The summed E-state index contributed by atoms with van der Waals surface area (Å²) >= 11 is 5.97. The number of benzene rings is 2. The second-order valence-corrected chi connectivity index (χ2v) is 6.92. The molecule has 0 bridgehead atoms. The molecule has 0 atom stereocenters. The summed E-state index contributed by atoms with van der Waals surface area (Å²) in [7, 11) is -3.84. The Morgan fingerprint density at radius 2 is 1.96 bits per heavy atom. The molecule has 8 heteroatoms. The van der Waals surface area contributed by atoms with Crippen LogP contribution in [0.15, 0.2) is 56.6 Å². The second kappa shape index (κ2) is 5.75. The normalized spacial score (nSPS) is 11.7. The number of rotatable bonds is 4. The van der Waals surface area contributed by atoms with Crippen molar-refractivity contribution in [2.45, 2.75) is 18.4 Å². The minimum atomic E-state index is -3.84. The predicted octanol–water partition coefficient (Wildman–Crippen LogP) is 3.07. The van der Waals surface area contributed by atoms with E-state index in [0.717, 1.165) is 0 Å². The first kappa shape index (κ1) is 15.6. The van der Waals surface area contributed by atoms with Crippen molar-refractivity contribution in [3.8, 4) is 0 Å². The number of anilines is 1. The van der Waals surface area contributed by atoms with Gasteiger partial charge in [-0.25, -0.2) is 13.2 Å². The maximum Gasteiger partial charge on any atom is 0.419 e. The van der Waals surface area contributed by atoms with Crippen LogP contribution in [0.2, 0.25) is 5.02 Å². The predicted molar refractivity (Wildman–Crippen MR) is 88.4 cm³/mol. The Bertz CT molecular complexity index is 1040. The Hall–Kier alpha value is -2.25. The molecule has 0 saturated carbocycles. The molecule has 1 N–H and O–H groups in total. The van der Waals surface area contributed by atoms with E-state index in [-0.39, 0.29) is 16.2 Å². The van der Waals surface area contributed by atoms with E-state index < -0.39 is 15.8 Å². The Morgan fingerprint density at radius 1 is 1.22 bits per heavy atom. The minimum Gasteiger partial charge on any atom is -0.408 e. The van der Waals surface area contributed by atoms with Crippen LogP contribution in [0.5, 0.6) is 0 Å². The molecule has 3 aromatic rings. The number of nitrogens with one attached hydrogen (secondary N) is 1. The molecule has 0 saturated heterocycles. The maximum atomic E-state index is 12.5. The molecular formula is C15H13ClN2O4S. The summed E-state index contributed by atoms with van der Waals surface area (Å²) in [6.07, 6.45) is 0. The van der Waals surface area contributed by atoms with Gasteiger partial charge >= 0.3 is 5.76 Å². The quantitative estimate of drug-likeness (QED) is 0.782. The monoisotopic (exact) mass is 352 g/mol. The summed E-state index contributed by atoms with van der Waals surface area (Å²) in [5.41, 5.74) is 1.05. The zero-order valence-electron chi connectivity index (χ0n) is 12.1. The highest BCUT2D eigenvalue weighted by atomic mass is 35.5. The molecule has 0 aliphatic rings. The second-order valence-electron chi connectivity index (χ2n) is 4.83. The molecule has 0 spiro atoms. The molecule has 1 heterocycles. The molecule has 0 fully saturated rings. The zero-order chi connectivity index (χ0) is 16.6. The lowest BCUT2D eigenvalue weighted by molar-refractivity contribution is 0.512. The molecule has 23 heavy (non-hydrogen) atoms. The van der Waals surface area contributed by atoms with Crippen LogP contribution >= 0.6 is 11.6 Å². The number of sulfonamides is 1. The lowest BCUT2D eigenvalue weighted by Gasteiger charge is -2.09. The SMILES string of the molecule is CCn1c(=O)oc2cc(S(=O)(=O)Nc3ccccc3Cl)ccc21. The van der Waals surface area contributed by atoms with Crippen molar-refractivity contribution < 1.29 is 12.8 Å². The number of hydrogen-bond donors (Lipinski definition) is 1. The van der Waals surface area contributed by atoms with Crippen molar-refractivity contribution in [2.75, 3.05) is 4.72 Å². The number of nitrogens with zero attached hydrogens (tertiary/aromatic N) is 1. The molecule has 3 rings (SSSR count). The third-order valence-corrected chi connectivity index (χ3v) is 5.08. The molecule has 6 nitrogen and oxygen atoms in total. The van der Waals surface area contributed by atoms with Crippen molar-refractivity contribution in [1.82, 2.24) is 4.57 Å². The Morgan fingerprint density at radius 3 is 2.65 bits per heavy atom. The van der Waals surface area contributed by atoms with E-state index in [9.17, 15) is 13.2 Å². The van der Waals surface area contributed by atoms with Gasteiger partial charge in [-0.05, 0) is 31.2 Å². The van der Waals surface area contributed by atoms with Crippen LogP contribution in [0.25, 0.3) is 11.1 Å². The molecular weight excluding hydrogens is 340 g/mol. The molecule has 0 aliphatic carbocycles. The van der Waals surface area contributed by atoms with E-state index >= 15 is 0 Å². The van der Waals surface area contributed by atoms with Crippen LogP contribution in [0, 0.1) is 0 Å². The third-order valence-electron chi connectivity index (χ3n) is 3.38. The fourth-order valence-corrected chi connectivity index (χ4v) is 3.59. The van der Waals surface area contributed by atoms with E-state index in [1.807, 2.05) is 0 Å². The Kier molecular flexibility index (Phi) is 3.91. The largest absolute Gasteiger partial charge is 0.419 e.